The van der Waals surface area contributed by atoms with E-state index in [1.165, 1.54) is 19.3 Å². The summed E-state index contributed by atoms with van der Waals surface area (Å²) in [6.07, 6.45) is 4.76. The normalized spacial score (nSPS) is 21.2. The van der Waals surface area contributed by atoms with Crippen LogP contribution >= 0.6 is 0 Å². The molecule has 0 aromatic carbocycles. The van der Waals surface area contributed by atoms with Crippen LogP contribution in [0.15, 0.2) is 4.52 Å². The zero-order valence-corrected chi connectivity index (χ0v) is 9.83. The van der Waals surface area contributed by atoms with Crippen molar-refractivity contribution in [1.29, 1.82) is 0 Å². The van der Waals surface area contributed by atoms with Crippen molar-refractivity contribution in [2.24, 2.45) is 0 Å². The van der Waals surface area contributed by atoms with Crippen LogP contribution in [0.1, 0.15) is 31.0 Å². The molecule has 5 nitrogen and oxygen atoms in total. The van der Waals surface area contributed by atoms with Gasteiger partial charge in [-0.3, -0.25) is 0 Å². The highest BCUT2D eigenvalue weighted by atomic mass is 16.5. The largest absolute Gasteiger partial charge is 0.339 e. The van der Waals surface area contributed by atoms with Crippen LogP contribution in [0.4, 0.5) is 0 Å². The summed E-state index contributed by atoms with van der Waals surface area (Å²) in [7, 11) is 0. The molecule has 1 aromatic rings. The number of nitrogens with one attached hydrogen (secondary N) is 2. The Labute approximate surface area is 96.0 Å². The Bertz CT molecular complexity index is 307. The summed E-state index contributed by atoms with van der Waals surface area (Å²) in [4.78, 5) is 4.16. The summed E-state index contributed by atoms with van der Waals surface area (Å²) < 4.78 is 5.04. The van der Waals surface area contributed by atoms with Crippen molar-refractivity contribution in [1.82, 2.24) is 20.8 Å². The van der Waals surface area contributed by atoms with Gasteiger partial charge >= 0.3 is 0 Å². The predicted octanol–water partition coefficient (Wildman–Crippen LogP) is 0.652. The van der Waals surface area contributed by atoms with E-state index >= 15 is 0 Å². The molecule has 1 fully saturated rings. The van der Waals surface area contributed by atoms with Crippen LogP contribution in [0.5, 0.6) is 0 Å². The van der Waals surface area contributed by atoms with Crippen LogP contribution in [0.3, 0.4) is 0 Å². The number of aryl methyl sites for hydroxylation is 1. The molecule has 16 heavy (non-hydrogen) atoms. The molecule has 1 atom stereocenters. The fourth-order valence-electron chi connectivity index (χ4n) is 2.01. The molecule has 1 saturated heterocycles. The van der Waals surface area contributed by atoms with Crippen molar-refractivity contribution in [2.75, 3.05) is 19.6 Å². The highest BCUT2D eigenvalue weighted by molar-refractivity contribution is 4.83. The molecule has 0 spiro atoms. The number of nitrogens with zero attached hydrogens (tertiary/aromatic N) is 2. The van der Waals surface area contributed by atoms with E-state index in [0.717, 1.165) is 31.9 Å². The van der Waals surface area contributed by atoms with E-state index in [-0.39, 0.29) is 0 Å². The standard InChI is InChI=1S/C11H20N4O/c1-9-14-11(16-15-9)5-7-12-8-10-4-2-3-6-13-10/h10,12-13H,2-8H2,1H3. The summed E-state index contributed by atoms with van der Waals surface area (Å²) in [5.74, 6) is 1.44. The van der Waals surface area contributed by atoms with E-state index in [2.05, 4.69) is 20.8 Å². The van der Waals surface area contributed by atoms with Crippen molar-refractivity contribution in [2.45, 2.75) is 38.6 Å². The molecule has 2 rings (SSSR count). The number of rotatable bonds is 5. The third-order valence-corrected chi connectivity index (χ3v) is 2.89. The highest BCUT2D eigenvalue weighted by Gasteiger charge is 2.11. The van der Waals surface area contributed by atoms with E-state index < -0.39 is 0 Å². The maximum atomic E-state index is 5.04. The van der Waals surface area contributed by atoms with Crippen LogP contribution in [0.2, 0.25) is 0 Å². The van der Waals surface area contributed by atoms with Crippen LogP contribution in [0, 0.1) is 6.92 Å². The zero-order valence-electron chi connectivity index (χ0n) is 9.83. The lowest BCUT2D eigenvalue weighted by Gasteiger charge is -2.23. The molecule has 1 unspecified atom stereocenters. The van der Waals surface area contributed by atoms with Gasteiger partial charge in [0.2, 0.25) is 5.89 Å². The second-order valence-electron chi connectivity index (χ2n) is 4.34. The lowest BCUT2D eigenvalue weighted by atomic mass is 10.1. The van der Waals surface area contributed by atoms with Crippen LogP contribution < -0.4 is 10.6 Å². The second kappa shape index (κ2) is 5.96. The monoisotopic (exact) mass is 224 g/mol. The van der Waals surface area contributed by atoms with Crippen molar-refractivity contribution in [3.8, 4) is 0 Å². The quantitative estimate of drug-likeness (QED) is 0.719. The van der Waals surface area contributed by atoms with Gasteiger partial charge in [-0.2, -0.15) is 4.98 Å². The van der Waals surface area contributed by atoms with Crippen molar-refractivity contribution >= 4 is 0 Å². The SMILES string of the molecule is Cc1noc(CCNCC2CCCCN2)n1. The van der Waals surface area contributed by atoms with Gasteiger partial charge in [0.05, 0.1) is 0 Å². The Morgan fingerprint density at radius 3 is 3.12 bits per heavy atom. The third kappa shape index (κ3) is 3.57. The van der Waals surface area contributed by atoms with E-state index in [1.807, 2.05) is 6.92 Å². The smallest absolute Gasteiger partial charge is 0.227 e. The molecule has 2 heterocycles. The van der Waals surface area contributed by atoms with Crippen molar-refractivity contribution in [3.63, 3.8) is 0 Å². The van der Waals surface area contributed by atoms with Gasteiger partial charge in [0.1, 0.15) is 0 Å². The molecule has 1 aliphatic heterocycles. The van der Waals surface area contributed by atoms with Gasteiger partial charge in [-0.05, 0) is 26.3 Å². The molecule has 0 aliphatic carbocycles. The second-order valence-corrected chi connectivity index (χ2v) is 4.34. The molecule has 0 bridgehead atoms. The Kier molecular flexibility index (Phi) is 4.30. The molecular weight excluding hydrogens is 204 g/mol. The lowest BCUT2D eigenvalue weighted by molar-refractivity contribution is 0.361. The lowest BCUT2D eigenvalue weighted by Crippen LogP contribution is -2.42. The fourth-order valence-corrected chi connectivity index (χ4v) is 2.01. The molecular formula is C11H20N4O. The van der Waals surface area contributed by atoms with Crippen molar-refractivity contribution < 1.29 is 4.52 Å². The molecule has 0 amide bonds. The first-order valence-corrected chi connectivity index (χ1v) is 6.08. The summed E-state index contributed by atoms with van der Waals surface area (Å²) in [5.41, 5.74) is 0. The molecule has 90 valence electrons. The average Bonchev–Trinajstić information content (AvgIpc) is 2.72. The minimum Gasteiger partial charge on any atom is -0.339 e. The maximum Gasteiger partial charge on any atom is 0.227 e. The summed E-state index contributed by atoms with van der Waals surface area (Å²) >= 11 is 0. The number of hydrogen-bond donors (Lipinski definition) is 2. The molecule has 0 saturated carbocycles. The van der Waals surface area contributed by atoms with Crippen LogP contribution in [0.25, 0.3) is 0 Å². The van der Waals surface area contributed by atoms with Gasteiger partial charge in [0.25, 0.3) is 0 Å². The molecule has 2 N–H and O–H groups in total. The number of aromatic nitrogens is 2. The van der Waals surface area contributed by atoms with Gasteiger partial charge in [-0.1, -0.05) is 11.6 Å². The Balaban J connectivity index is 1.57. The summed E-state index contributed by atoms with van der Waals surface area (Å²) in [6, 6.07) is 0.637. The van der Waals surface area contributed by atoms with Gasteiger partial charge in [0.15, 0.2) is 5.82 Å². The summed E-state index contributed by atoms with van der Waals surface area (Å²) in [5, 5.41) is 10.7. The van der Waals surface area contributed by atoms with Crippen LogP contribution in [-0.2, 0) is 6.42 Å². The summed E-state index contributed by atoms with van der Waals surface area (Å²) in [6.45, 7) is 4.94. The Morgan fingerprint density at radius 1 is 1.50 bits per heavy atom. The third-order valence-electron chi connectivity index (χ3n) is 2.89. The maximum absolute atomic E-state index is 5.04. The Morgan fingerprint density at radius 2 is 2.44 bits per heavy atom. The average molecular weight is 224 g/mol. The topological polar surface area (TPSA) is 63.0 Å². The molecule has 1 aliphatic rings. The van der Waals surface area contributed by atoms with E-state index in [1.54, 1.807) is 0 Å². The van der Waals surface area contributed by atoms with E-state index in [4.69, 9.17) is 4.52 Å². The highest BCUT2D eigenvalue weighted by Crippen LogP contribution is 2.05. The van der Waals surface area contributed by atoms with Gasteiger partial charge in [-0.15, -0.1) is 0 Å². The van der Waals surface area contributed by atoms with Gasteiger partial charge in [-0.25, -0.2) is 0 Å². The first-order valence-electron chi connectivity index (χ1n) is 6.08. The Hall–Kier alpha value is -0.940. The number of piperidine rings is 1. The van der Waals surface area contributed by atoms with Crippen molar-refractivity contribution in [3.05, 3.63) is 11.7 Å². The number of hydrogen-bond acceptors (Lipinski definition) is 5. The minimum absolute atomic E-state index is 0.637. The minimum atomic E-state index is 0.637. The fraction of sp³-hybridized carbons (Fsp3) is 0.818. The van der Waals surface area contributed by atoms with E-state index in [9.17, 15) is 0 Å². The van der Waals surface area contributed by atoms with Gasteiger partial charge in [0, 0.05) is 25.6 Å². The first kappa shape index (κ1) is 11.5. The predicted molar refractivity (Wildman–Crippen MR) is 61.3 cm³/mol. The van der Waals surface area contributed by atoms with Gasteiger partial charge < -0.3 is 15.2 Å². The first-order chi connectivity index (χ1) is 7.84. The molecule has 5 heteroatoms. The van der Waals surface area contributed by atoms with E-state index in [0.29, 0.717) is 11.9 Å². The zero-order chi connectivity index (χ0) is 11.2. The van der Waals surface area contributed by atoms with Crippen LogP contribution in [-0.4, -0.2) is 35.8 Å². The molecule has 1 aromatic heterocycles. The molecule has 0 radical (unpaired) electrons.